The van der Waals surface area contributed by atoms with Crippen molar-refractivity contribution in [2.45, 2.75) is 39.7 Å². The molecule has 31 heavy (non-hydrogen) atoms. The van der Waals surface area contributed by atoms with Crippen LogP contribution in [-0.2, 0) is 11.3 Å². The Kier molecular flexibility index (Phi) is 7.06. The van der Waals surface area contributed by atoms with Crippen molar-refractivity contribution in [3.05, 3.63) is 35.8 Å². The largest absolute Gasteiger partial charge is 0.357 e. The van der Waals surface area contributed by atoms with Gasteiger partial charge < -0.3 is 19.5 Å². The Bertz CT molecular complexity index is 908. The fraction of sp³-hybridized carbons (Fsp3) is 0.609. The van der Waals surface area contributed by atoms with Crippen LogP contribution in [0.5, 0.6) is 0 Å². The first kappa shape index (κ1) is 21.6. The van der Waals surface area contributed by atoms with Gasteiger partial charge in [-0.2, -0.15) is 0 Å². The summed E-state index contributed by atoms with van der Waals surface area (Å²) in [6, 6.07) is 6.14. The van der Waals surface area contributed by atoms with E-state index in [2.05, 4.69) is 45.6 Å². The predicted molar refractivity (Wildman–Crippen MR) is 123 cm³/mol. The SMILES string of the molecule is CCNC(=NCc1cn2c(C)cccc2n1)N1CCN(CC(=O)N2CCCCC2)CC1. The first-order valence-corrected chi connectivity index (χ1v) is 11.6. The summed E-state index contributed by atoms with van der Waals surface area (Å²) in [6.45, 7) is 11.5. The smallest absolute Gasteiger partial charge is 0.236 e. The molecule has 168 valence electrons. The molecule has 8 nitrogen and oxygen atoms in total. The number of guanidine groups is 1. The zero-order chi connectivity index (χ0) is 21.6. The molecule has 2 saturated heterocycles. The lowest BCUT2D eigenvalue weighted by Gasteiger charge is -2.37. The number of likely N-dealkylation sites (tertiary alicyclic amines) is 1. The van der Waals surface area contributed by atoms with Crippen LogP contribution in [0.1, 0.15) is 37.6 Å². The third-order valence-corrected chi connectivity index (χ3v) is 6.21. The van der Waals surface area contributed by atoms with Gasteiger partial charge in [0, 0.05) is 57.7 Å². The second kappa shape index (κ2) is 10.1. The maximum Gasteiger partial charge on any atom is 0.236 e. The first-order valence-electron chi connectivity index (χ1n) is 11.6. The van der Waals surface area contributed by atoms with Gasteiger partial charge in [0.25, 0.3) is 0 Å². The Hall–Kier alpha value is -2.61. The zero-order valence-electron chi connectivity index (χ0n) is 18.9. The van der Waals surface area contributed by atoms with Gasteiger partial charge in [0.15, 0.2) is 5.96 Å². The van der Waals surface area contributed by atoms with Crippen LogP contribution in [0, 0.1) is 6.92 Å². The summed E-state index contributed by atoms with van der Waals surface area (Å²) in [5, 5.41) is 3.42. The number of amides is 1. The average Bonchev–Trinajstić information content (AvgIpc) is 3.22. The van der Waals surface area contributed by atoms with Gasteiger partial charge in [0.2, 0.25) is 5.91 Å². The van der Waals surface area contributed by atoms with E-state index in [1.54, 1.807) is 0 Å². The minimum absolute atomic E-state index is 0.288. The lowest BCUT2D eigenvalue weighted by Crippen LogP contribution is -2.54. The van der Waals surface area contributed by atoms with Gasteiger partial charge in [0.05, 0.1) is 18.8 Å². The van der Waals surface area contributed by atoms with Crippen molar-refractivity contribution in [2.75, 3.05) is 52.4 Å². The van der Waals surface area contributed by atoms with Gasteiger partial charge in [-0.1, -0.05) is 6.07 Å². The van der Waals surface area contributed by atoms with E-state index in [1.807, 2.05) is 17.0 Å². The third kappa shape index (κ3) is 5.36. The lowest BCUT2D eigenvalue weighted by molar-refractivity contribution is -0.133. The molecule has 0 unspecified atom stereocenters. The molecule has 4 rings (SSSR count). The number of piperidine rings is 1. The minimum Gasteiger partial charge on any atom is -0.357 e. The normalized spacial score (nSPS) is 18.6. The summed E-state index contributed by atoms with van der Waals surface area (Å²) in [5.74, 6) is 1.22. The molecule has 1 N–H and O–H groups in total. The number of fused-ring (bicyclic) bond motifs is 1. The van der Waals surface area contributed by atoms with Crippen molar-refractivity contribution in [1.82, 2.24) is 29.4 Å². The van der Waals surface area contributed by atoms with E-state index in [0.29, 0.717) is 13.1 Å². The molecule has 0 aromatic carbocycles. The van der Waals surface area contributed by atoms with E-state index in [-0.39, 0.29) is 5.91 Å². The molecule has 0 saturated carbocycles. The van der Waals surface area contributed by atoms with Gasteiger partial charge in [-0.15, -0.1) is 0 Å². The molecule has 0 spiro atoms. The Morgan fingerprint density at radius 2 is 1.84 bits per heavy atom. The number of hydrogen-bond acceptors (Lipinski definition) is 4. The fourth-order valence-electron chi connectivity index (χ4n) is 4.41. The standard InChI is InChI=1S/C23H35N7O/c1-3-24-23(25-16-20-17-30-19(2)8-7-9-21(30)26-20)29-14-12-27(13-15-29)18-22(31)28-10-5-4-6-11-28/h7-9,17H,3-6,10-16,18H2,1-2H3,(H,24,25). The summed E-state index contributed by atoms with van der Waals surface area (Å²) in [4.78, 5) is 28.7. The van der Waals surface area contributed by atoms with E-state index in [4.69, 9.17) is 9.98 Å². The quantitative estimate of drug-likeness (QED) is 0.584. The van der Waals surface area contributed by atoms with Crippen LogP contribution in [0.25, 0.3) is 5.65 Å². The molecule has 2 aromatic rings. The monoisotopic (exact) mass is 425 g/mol. The van der Waals surface area contributed by atoms with Gasteiger partial charge in [0.1, 0.15) is 5.65 Å². The van der Waals surface area contributed by atoms with Gasteiger partial charge >= 0.3 is 0 Å². The second-order valence-electron chi connectivity index (χ2n) is 8.50. The number of hydrogen-bond donors (Lipinski definition) is 1. The number of carbonyl (C=O) groups excluding carboxylic acids is 1. The highest BCUT2D eigenvalue weighted by Gasteiger charge is 2.24. The first-order chi connectivity index (χ1) is 15.1. The maximum atomic E-state index is 12.6. The van der Waals surface area contributed by atoms with E-state index in [1.165, 1.54) is 12.1 Å². The molecular weight excluding hydrogens is 390 g/mol. The molecule has 0 aliphatic carbocycles. The van der Waals surface area contributed by atoms with Crippen LogP contribution in [0.15, 0.2) is 29.4 Å². The molecular formula is C23H35N7O. The Morgan fingerprint density at radius 1 is 1.06 bits per heavy atom. The molecule has 1 amide bonds. The number of pyridine rings is 1. The number of nitrogens with zero attached hydrogens (tertiary/aromatic N) is 6. The molecule has 2 aliphatic rings. The van der Waals surface area contributed by atoms with Crippen LogP contribution in [0.4, 0.5) is 0 Å². The van der Waals surface area contributed by atoms with Crippen molar-refractivity contribution < 1.29 is 4.79 Å². The van der Waals surface area contributed by atoms with Crippen LogP contribution in [0.3, 0.4) is 0 Å². The van der Waals surface area contributed by atoms with Crippen molar-refractivity contribution in [1.29, 1.82) is 0 Å². The van der Waals surface area contributed by atoms with Crippen LogP contribution in [-0.4, -0.2) is 88.3 Å². The minimum atomic E-state index is 0.288. The van der Waals surface area contributed by atoms with Crippen LogP contribution >= 0.6 is 0 Å². The number of imidazole rings is 1. The highest BCUT2D eigenvalue weighted by molar-refractivity contribution is 5.80. The molecule has 0 radical (unpaired) electrons. The number of carbonyl (C=O) groups is 1. The number of aliphatic imine (C=N–C) groups is 1. The highest BCUT2D eigenvalue weighted by Crippen LogP contribution is 2.12. The van der Waals surface area contributed by atoms with Crippen LogP contribution < -0.4 is 5.32 Å². The average molecular weight is 426 g/mol. The zero-order valence-corrected chi connectivity index (χ0v) is 18.9. The fourth-order valence-corrected chi connectivity index (χ4v) is 4.41. The van der Waals surface area contributed by atoms with Gasteiger partial charge in [-0.05, 0) is 45.2 Å². The van der Waals surface area contributed by atoms with E-state index in [9.17, 15) is 4.79 Å². The molecule has 2 fully saturated rings. The lowest BCUT2D eigenvalue weighted by atomic mass is 10.1. The number of nitrogens with one attached hydrogen (secondary N) is 1. The molecule has 0 bridgehead atoms. The Balaban J connectivity index is 1.33. The van der Waals surface area contributed by atoms with E-state index < -0.39 is 0 Å². The van der Waals surface area contributed by atoms with E-state index >= 15 is 0 Å². The molecule has 0 atom stereocenters. The Labute approximate surface area is 184 Å². The van der Waals surface area contributed by atoms with Crippen molar-refractivity contribution in [2.24, 2.45) is 4.99 Å². The van der Waals surface area contributed by atoms with Gasteiger partial charge in [-0.3, -0.25) is 9.69 Å². The molecule has 2 aromatic heterocycles. The number of aromatic nitrogens is 2. The predicted octanol–water partition coefficient (Wildman–Crippen LogP) is 1.74. The molecule has 2 aliphatic heterocycles. The molecule has 8 heteroatoms. The van der Waals surface area contributed by atoms with Crippen molar-refractivity contribution >= 4 is 17.5 Å². The highest BCUT2D eigenvalue weighted by atomic mass is 16.2. The maximum absolute atomic E-state index is 12.6. The van der Waals surface area contributed by atoms with Crippen LogP contribution in [0.2, 0.25) is 0 Å². The summed E-state index contributed by atoms with van der Waals surface area (Å²) in [6.07, 6.45) is 5.62. The second-order valence-corrected chi connectivity index (χ2v) is 8.50. The summed E-state index contributed by atoms with van der Waals surface area (Å²) in [5.41, 5.74) is 3.10. The van der Waals surface area contributed by atoms with E-state index in [0.717, 1.165) is 76.0 Å². The Morgan fingerprint density at radius 3 is 2.55 bits per heavy atom. The molecule has 4 heterocycles. The number of rotatable bonds is 5. The number of piperazine rings is 1. The summed E-state index contributed by atoms with van der Waals surface area (Å²) in [7, 11) is 0. The third-order valence-electron chi connectivity index (χ3n) is 6.21. The summed E-state index contributed by atoms with van der Waals surface area (Å²) >= 11 is 0. The van der Waals surface area contributed by atoms with Crippen molar-refractivity contribution in [3.8, 4) is 0 Å². The van der Waals surface area contributed by atoms with Crippen molar-refractivity contribution in [3.63, 3.8) is 0 Å². The topological polar surface area (TPSA) is 68.5 Å². The summed E-state index contributed by atoms with van der Waals surface area (Å²) < 4.78 is 2.11. The number of aryl methyl sites for hydroxylation is 1. The van der Waals surface area contributed by atoms with Gasteiger partial charge in [-0.25, -0.2) is 9.98 Å².